The second-order valence-electron chi connectivity index (χ2n) is 2.96. The smallest absolute Gasteiger partial charge is 0.0622 e. The van der Waals surface area contributed by atoms with Gasteiger partial charge in [0.15, 0.2) is 0 Å². The van der Waals surface area contributed by atoms with Crippen LogP contribution in [0.25, 0.3) is 0 Å². The predicted octanol–water partition coefficient (Wildman–Crippen LogP) is 0.992. The molecule has 3 nitrogen and oxygen atoms in total. The van der Waals surface area contributed by atoms with Gasteiger partial charge in [-0.05, 0) is 26.1 Å². The molecule has 2 N–H and O–H groups in total. The summed E-state index contributed by atoms with van der Waals surface area (Å²) in [6.07, 6.45) is 3.48. The standard InChI is InChI=1S/C9H18N2OS/c1-8(9(7-12)13-2)11-6-4-3-5-10/h8-9,11-12H,3-4,6-7H2,1-2H3. The van der Waals surface area contributed by atoms with Gasteiger partial charge in [-0.2, -0.15) is 17.0 Å². The molecule has 0 saturated carbocycles. The summed E-state index contributed by atoms with van der Waals surface area (Å²) >= 11 is 1.66. The van der Waals surface area contributed by atoms with Crippen molar-refractivity contribution < 1.29 is 5.11 Å². The minimum atomic E-state index is 0.202. The molecule has 0 aliphatic heterocycles. The summed E-state index contributed by atoms with van der Waals surface area (Å²) in [4.78, 5) is 0. The first kappa shape index (κ1) is 12.8. The van der Waals surface area contributed by atoms with E-state index in [0.29, 0.717) is 12.5 Å². The zero-order valence-corrected chi connectivity index (χ0v) is 9.10. The van der Waals surface area contributed by atoms with Crippen LogP contribution in [0, 0.1) is 11.3 Å². The van der Waals surface area contributed by atoms with Gasteiger partial charge in [-0.15, -0.1) is 0 Å². The SMILES string of the molecule is CSC(CO)C(C)NCCCC#N. The molecule has 0 aliphatic carbocycles. The van der Waals surface area contributed by atoms with E-state index < -0.39 is 0 Å². The summed E-state index contributed by atoms with van der Waals surface area (Å²) in [6.45, 7) is 3.11. The van der Waals surface area contributed by atoms with Gasteiger partial charge in [0.05, 0.1) is 12.7 Å². The number of thioether (sulfide) groups is 1. The number of unbranched alkanes of at least 4 members (excludes halogenated alkanes) is 1. The highest BCUT2D eigenvalue weighted by Crippen LogP contribution is 2.09. The number of hydrogen-bond donors (Lipinski definition) is 2. The molecular formula is C9H18N2OS. The summed E-state index contributed by atoms with van der Waals surface area (Å²) in [5.41, 5.74) is 0. The molecule has 0 saturated heterocycles. The molecular weight excluding hydrogens is 184 g/mol. The van der Waals surface area contributed by atoms with Crippen LogP contribution in [0.2, 0.25) is 0 Å². The van der Waals surface area contributed by atoms with E-state index in [0.717, 1.165) is 13.0 Å². The summed E-state index contributed by atoms with van der Waals surface area (Å²) in [5, 5.41) is 20.8. The van der Waals surface area contributed by atoms with E-state index in [9.17, 15) is 0 Å². The third-order valence-corrected chi connectivity index (χ3v) is 3.13. The van der Waals surface area contributed by atoms with Crippen LogP contribution in [-0.4, -0.2) is 35.8 Å². The van der Waals surface area contributed by atoms with Gasteiger partial charge in [0.1, 0.15) is 0 Å². The topological polar surface area (TPSA) is 56.0 Å². The van der Waals surface area contributed by atoms with Crippen molar-refractivity contribution >= 4 is 11.8 Å². The maximum Gasteiger partial charge on any atom is 0.0622 e. The number of nitrogens with one attached hydrogen (secondary N) is 1. The highest BCUT2D eigenvalue weighted by atomic mass is 32.2. The second-order valence-corrected chi connectivity index (χ2v) is 4.04. The van der Waals surface area contributed by atoms with Crippen molar-refractivity contribution in [3.63, 3.8) is 0 Å². The molecule has 0 spiro atoms. The number of rotatable bonds is 7. The molecule has 2 unspecified atom stereocenters. The summed E-state index contributed by atoms with van der Waals surface area (Å²) in [7, 11) is 0. The van der Waals surface area contributed by atoms with E-state index in [2.05, 4.69) is 18.3 Å². The van der Waals surface area contributed by atoms with Gasteiger partial charge in [-0.25, -0.2) is 0 Å². The monoisotopic (exact) mass is 202 g/mol. The van der Waals surface area contributed by atoms with Crippen LogP contribution in [0.4, 0.5) is 0 Å². The van der Waals surface area contributed by atoms with Crippen molar-refractivity contribution in [2.75, 3.05) is 19.4 Å². The fourth-order valence-corrected chi connectivity index (χ4v) is 1.72. The van der Waals surface area contributed by atoms with Crippen LogP contribution in [0.3, 0.4) is 0 Å². The van der Waals surface area contributed by atoms with Crippen LogP contribution in [0.5, 0.6) is 0 Å². The average Bonchev–Trinajstić information content (AvgIpc) is 2.14. The summed E-state index contributed by atoms with van der Waals surface area (Å²) < 4.78 is 0. The molecule has 13 heavy (non-hydrogen) atoms. The molecule has 0 amide bonds. The normalized spacial score (nSPS) is 14.9. The zero-order valence-electron chi connectivity index (χ0n) is 8.29. The van der Waals surface area contributed by atoms with E-state index in [4.69, 9.17) is 10.4 Å². The lowest BCUT2D eigenvalue weighted by molar-refractivity contribution is 0.276. The Kier molecular flexibility index (Phi) is 8.21. The molecule has 0 aromatic carbocycles. The Hall–Kier alpha value is -0.240. The molecule has 2 atom stereocenters. The Morgan fingerprint density at radius 3 is 2.77 bits per heavy atom. The molecule has 0 rings (SSSR count). The van der Waals surface area contributed by atoms with Gasteiger partial charge in [0.25, 0.3) is 0 Å². The Morgan fingerprint density at radius 2 is 2.31 bits per heavy atom. The highest BCUT2D eigenvalue weighted by molar-refractivity contribution is 7.99. The Morgan fingerprint density at radius 1 is 1.62 bits per heavy atom. The first-order valence-corrected chi connectivity index (χ1v) is 5.79. The number of nitrogens with zero attached hydrogens (tertiary/aromatic N) is 1. The highest BCUT2D eigenvalue weighted by Gasteiger charge is 2.13. The van der Waals surface area contributed by atoms with E-state index in [-0.39, 0.29) is 11.9 Å². The fraction of sp³-hybridized carbons (Fsp3) is 0.889. The predicted molar refractivity (Wildman–Crippen MR) is 56.7 cm³/mol. The molecule has 0 heterocycles. The molecule has 0 radical (unpaired) electrons. The quantitative estimate of drug-likeness (QED) is 0.605. The molecule has 0 aromatic heterocycles. The van der Waals surface area contributed by atoms with Crippen molar-refractivity contribution in [1.29, 1.82) is 5.26 Å². The number of hydrogen-bond acceptors (Lipinski definition) is 4. The number of aliphatic hydroxyl groups is 1. The lowest BCUT2D eigenvalue weighted by Crippen LogP contribution is -2.37. The third kappa shape index (κ3) is 5.92. The van der Waals surface area contributed by atoms with Gasteiger partial charge < -0.3 is 10.4 Å². The second kappa shape index (κ2) is 8.36. The fourth-order valence-electron chi connectivity index (χ4n) is 1.07. The van der Waals surface area contributed by atoms with Gasteiger partial charge in [-0.3, -0.25) is 0 Å². The first-order valence-electron chi connectivity index (χ1n) is 4.50. The molecule has 0 bridgehead atoms. The van der Waals surface area contributed by atoms with Gasteiger partial charge in [0, 0.05) is 17.7 Å². The Balaban J connectivity index is 3.49. The van der Waals surface area contributed by atoms with Crippen LogP contribution in [-0.2, 0) is 0 Å². The third-order valence-electron chi connectivity index (χ3n) is 1.97. The van der Waals surface area contributed by atoms with E-state index in [1.165, 1.54) is 0 Å². The van der Waals surface area contributed by atoms with Crippen LogP contribution in [0.15, 0.2) is 0 Å². The molecule has 4 heteroatoms. The lowest BCUT2D eigenvalue weighted by Gasteiger charge is -2.20. The van der Waals surface area contributed by atoms with Crippen LogP contribution in [0.1, 0.15) is 19.8 Å². The summed E-state index contributed by atoms with van der Waals surface area (Å²) in [5.74, 6) is 0. The van der Waals surface area contributed by atoms with Crippen molar-refractivity contribution in [2.45, 2.75) is 31.1 Å². The van der Waals surface area contributed by atoms with E-state index in [1.54, 1.807) is 11.8 Å². The van der Waals surface area contributed by atoms with E-state index in [1.807, 2.05) is 6.26 Å². The minimum Gasteiger partial charge on any atom is -0.395 e. The first-order chi connectivity index (χ1) is 6.26. The molecule has 76 valence electrons. The summed E-state index contributed by atoms with van der Waals surface area (Å²) in [6, 6.07) is 2.41. The van der Waals surface area contributed by atoms with Crippen LogP contribution >= 0.6 is 11.8 Å². The maximum atomic E-state index is 8.99. The van der Waals surface area contributed by atoms with Crippen LogP contribution < -0.4 is 5.32 Å². The largest absolute Gasteiger partial charge is 0.395 e. The lowest BCUT2D eigenvalue weighted by atomic mass is 10.2. The molecule has 0 aliphatic rings. The average molecular weight is 202 g/mol. The number of aliphatic hydroxyl groups excluding tert-OH is 1. The van der Waals surface area contributed by atoms with Crippen molar-refractivity contribution in [3.8, 4) is 6.07 Å². The molecule has 0 aromatic rings. The Labute approximate surface area is 84.5 Å². The van der Waals surface area contributed by atoms with Gasteiger partial charge in [0.2, 0.25) is 0 Å². The molecule has 0 fully saturated rings. The Bertz CT molecular complexity index is 154. The number of nitriles is 1. The van der Waals surface area contributed by atoms with Crippen molar-refractivity contribution in [1.82, 2.24) is 5.32 Å². The zero-order chi connectivity index (χ0) is 10.1. The van der Waals surface area contributed by atoms with Crippen molar-refractivity contribution in [2.24, 2.45) is 0 Å². The van der Waals surface area contributed by atoms with E-state index >= 15 is 0 Å². The maximum absolute atomic E-state index is 8.99. The minimum absolute atomic E-state index is 0.202. The van der Waals surface area contributed by atoms with Gasteiger partial charge in [-0.1, -0.05) is 0 Å². The van der Waals surface area contributed by atoms with Crippen molar-refractivity contribution in [3.05, 3.63) is 0 Å². The van der Waals surface area contributed by atoms with Gasteiger partial charge >= 0.3 is 0 Å².